The molecule has 0 aliphatic carbocycles. The van der Waals surface area contributed by atoms with Crippen LogP contribution in [0.4, 0.5) is 5.69 Å². The number of thiazole rings is 1. The maximum atomic E-state index is 11.3. The number of aromatic nitrogens is 3. The summed E-state index contributed by atoms with van der Waals surface area (Å²) in [5.74, 6) is 1.20. The minimum atomic E-state index is -0.0709. The van der Waals surface area contributed by atoms with Crippen molar-refractivity contribution in [3.05, 3.63) is 89.0 Å². The Labute approximate surface area is 201 Å². The average molecular weight is 472 g/mol. The third kappa shape index (κ3) is 3.74. The highest BCUT2D eigenvalue weighted by Gasteiger charge is 2.32. The molecule has 2 aromatic carbocycles. The van der Waals surface area contributed by atoms with Crippen molar-refractivity contribution in [1.82, 2.24) is 19.5 Å². The predicted molar refractivity (Wildman–Crippen MR) is 133 cm³/mol. The SMILES string of the molecule is Cc1cccc([C@@H](c2sc3nc(-c4ccco4)nn3c2O)N2CCN(c3ccccc3)CC2)c1. The Balaban J connectivity index is 1.35. The Kier molecular flexibility index (Phi) is 5.31. The summed E-state index contributed by atoms with van der Waals surface area (Å²) in [6.45, 7) is 5.73. The molecule has 172 valence electrons. The Hall–Kier alpha value is -3.62. The summed E-state index contributed by atoms with van der Waals surface area (Å²) in [4.78, 5) is 11.0. The van der Waals surface area contributed by atoms with Gasteiger partial charge in [-0.15, -0.1) is 5.10 Å². The Morgan fingerprint density at radius 2 is 1.79 bits per heavy atom. The second kappa shape index (κ2) is 8.62. The minimum Gasteiger partial charge on any atom is -0.492 e. The first kappa shape index (κ1) is 20.9. The largest absolute Gasteiger partial charge is 0.492 e. The normalized spacial score (nSPS) is 15.7. The molecule has 0 radical (unpaired) electrons. The lowest BCUT2D eigenvalue weighted by Gasteiger charge is -2.40. The zero-order valence-corrected chi connectivity index (χ0v) is 19.7. The van der Waals surface area contributed by atoms with Gasteiger partial charge in [-0.05, 0) is 36.8 Å². The van der Waals surface area contributed by atoms with Crippen LogP contribution in [0.15, 0.2) is 77.4 Å². The molecule has 0 saturated carbocycles. The molecule has 0 spiro atoms. The van der Waals surface area contributed by atoms with Gasteiger partial charge in [-0.2, -0.15) is 9.50 Å². The first-order chi connectivity index (χ1) is 16.7. The lowest BCUT2D eigenvalue weighted by Crippen LogP contribution is -2.47. The molecule has 1 saturated heterocycles. The summed E-state index contributed by atoms with van der Waals surface area (Å²) in [7, 11) is 0. The van der Waals surface area contributed by atoms with Crippen molar-refractivity contribution in [2.75, 3.05) is 31.1 Å². The number of hydrogen-bond acceptors (Lipinski definition) is 7. The number of aromatic hydroxyl groups is 1. The van der Waals surface area contributed by atoms with E-state index in [-0.39, 0.29) is 11.9 Å². The van der Waals surface area contributed by atoms with E-state index in [4.69, 9.17) is 4.42 Å². The summed E-state index contributed by atoms with van der Waals surface area (Å²) >= 11 is 1.48. The van der Waals surface area contributed by atoms with Gasteiger partial charge in [0.2, 0.25) is 16.7 Å². The van der Waals surface area contributed by atoms with Gasteiger partial charge in [0.25, 0.3) is 0 Å². The second-order valence-corrected chi connectivity index (χ2v) is 9.58. The van der Waals surface area contributed by atoms with Crippen LogP contribution < -0.4 is 4.90 Å². The standard InChI is InChI=1S/C26H25N5O2S/c1-18-7-5-8-19(17-18)22(30-14-12-29(13-15-30)20-9-3-2-4-10-20)23-25(32)31-26(34-23)27-24(28-31)21-11-6-16-33-21/h2-11,16-17,22,32H,12-15H2,1H3/t22-/m0/s1. The van der Waals surface area contributed by atoms with Crippen molar-refractivity contribution in [3.8, 4) is 17.5 Å². The minimum absolute atomic E-state index is 0.0709. The van der Waals surface area contributed by atoms with E-state index in [1.807, 2.05) is 6.07 Å². The molecule has 5 aromatic rings. The topological polar surface area (TPSA) is 70.0 Å². The van der Waals surface area contributed by atoms with Crippen LogP contribution in [0, 0.1) is 6.92 Å². The summed E-state index contributed by atoms with van der Waals surface area (Å²) in [5.41, 5.74) is 3.62. The molecule has 1 atom stereocenters. The van der Waals surface area contributed by atoms with Crippen LogP contribution in [-0.4, -0.2) is 50.8 Å². The fraction of sp³-hybridized carbons (Fsp3) is 0.231. The van der Waals surface area contributed by atoms with Crippen LogP contribution >= 0.6 is 11.3 Å². The zero-order chi connectivity index (χ0) is 23.1. The van der Waals surface area contributed by atoms with E-state index in [2.05, 4.69) is 81.4 Å². The number of anilines is 1. The number of para-hydroxylation sites is 1. The lowest BCUT2D eigenvalue weighted by atomic mass is 10.0. The van der Waals surface area contributed by atoms with Crippen LogP contribution in [0.2, 0.25) is 0 Å². The maximum Gasteiger partial charge on any atom is 0.230 e. The number of piperazine rings is 1. The molecule has 6 rings (SSSR count). The number of fused-ring (bicyclic) bond motifs is 1. The summed E-state index contributed by atoms with van der Waals surface area (Å²) < 4.78 is 6.96. The fourth-order valence-corrected chi connectivity index (χ4v) is 5.80. The van der Waals surface area contributed by atoms with Crippen LogP contribution in [0.25, 0.3) is 16.5 Å². The van der Waals surface area contributed by atoms with Gasteiger partial charge >= 0.3 is 0 Å². The third-order valence-electron chi connectivity index (χ3n) is 6.35. The Bertz CT molecular complexity index is 1400. The molecule has 4 heterocycles. The van der Waals surface area contributed by atoms with Gasteiger partial charge < -0.3 is 14.4 Å². The average Bonchev–Trinajstić information content (AvgIpc) is 3.60. The smallest absolute Gasteiger partial charge is 0.230 e. The van der Waals surface area contributed by atoms with Crippen molar-refractivity contribution in [3.63, 3.8) is 0 Å². The van der Waals surface area contributed by atoms with Gasteiger partial charge in [0.1, 0.15) is 0 Å². The first-order valence-electron chi connectivity index (χ1n) is 11.4. The van der Waals surface area contributed by atoms with E-state index in [0.717, 1.165) is 31.1 Å². The van der Waals surface area contributed by atoms with Gasteiger partial charge in [0.05, 0.1) is 17.2 Å². The van der Waals surface area contributed by atoms with Gasteiger partial charge in [-0.25, -0.2) is 0 Å². The highest BCUT2D eigenvalue weighted by Crippen LogP contribution is 2.41. The summed E-state index contributed by atoms with van der Waals surface area (Å²) in [6.07, 6.45) is 1.60. The number of nitrogens with zero attached hydrogens (tertiary/aromatic N) is 5. The highest BCUT2D eigenvalue weighted by atomic mass is 32.1. The number of furan rings is 1. The molecule has 1 N–H and O–H groups in total. The van der Waals surface area contributed by atoms with E-state index in [1.54, 1.807) is 12.3 Å². The lowest BCUT2D eigenvalue weighted by molar-refractivity contribution is 0.211. The van der Waals surface area contributed by atoms with E-state index < -0.39 is 0 Å². The van der Waals surface area contributed by atoms with Crippen molar-refractivity contribution in [1.29, 1.82) is 0 Å². The number of hydrogen-bond donors (Lipinski definition) is 1. The molecule has 3 aromatic heterocycles. The van der Waals surface area contributed by atoms with E-state index in [0.29, 0.717) is 16.5 Å². The Morgan fingerprint density at radius 1 is 0.971 bits per heavy atom. The molecule has 8 heteroatoms. The molecule has 0 amide bonds. The third-order valence-corrected chi connectivity index (χ3v) is 7.42. The summed E-state index contributed by atoms with van der Waals surface area (Å²) in [6, 6.07) is 22.6. The molecular formula is C26H25N5O2S. The van der Waals surface area contributed by atoms with Crippen molar-refractivity contribution >= 4 is 22.0 Å². The van der Waals surface area contributed by atoms with Gasteiger partial charge in [0, 0.05) is 31.9 Å². The molecule has 1 aliphatic heterocycles. The predicted octanol–water partition coefficient (Wildman–Crippen LogP) is 4.98. The zero-order valence-electron chi connectivity index (χ0n) is 18.8. The van der Waals surface area contributed by atoms with Crippen LogP contribution in [-0.2, 0) is 0 Å². The van der Waals surface area contributed by atoms with Crippen LogP contribution in [0.1, 0.15) is 22.0 Å². The molecule has 1 aliphatic rings. The van der Waals surface area contributed by atoms with E-state index >= 15 is 0 Å². The highest BCUT2D eigenvalue weighted by molar-refractivity contribution is 7.17. The van der Waals surface area contributed by atoms with Crippen molar-refractivity contribution < 1.29 is 9.52 Å². The van der Waals surface area contributed by atoms with E-state index in [9.17, 15) is 5.11 Å². The Morgan fingerprint density at radius 3 is 2.50 bits per heavy atom. The van der Waals surface area contributed by atoms with Crippen LogP contribution in [0.3, 0.4) is 0 Å². The molecule has 0 unspecified atom stereocenters. The summed E-state index contributed by atoms with van der Waals surface area (Å²) in [5, 5.41) is 15.8. The van der Waals surface area contributed by atoms with Gasteiger partial charge in [-0.1, -0.05) is 59.4 Å². The van der Waals surface area contributed by atoms with Gasteiger partial charge in [0.15, 0.2) is 5.76 Å². The molecular weight excluding hydrogens is 446 g/mol. The molecule has 7 nitrogen and oxygen atoms in total. The number of rotatable bonds is 5. The van der Waals surface area contributed by atoms with Crippen LogP contribution in [0.5, 0.6) is 5.88 Å². The second-order valence-electron chi connectivity index (χ2n) is 8.57. The quantitative estimate of drug-likeness (QED) is 0.390. The molecule has 34 heavy (non-hydrogen) atoms. The molecule has 1 fully saturated rings. The fourth-order valence-electron chi connectivity index (χ4n) is 4.68. The van der Waals surface area contributed by atoms with Gasteiger partial charge in [-0.3, -0.25) is 4.90 Å². The monoisotopic (exact) mass is 471 g/mol. The van der Waals surface area contributed by atoms with Crippen molar-refractivity contribution in [2.45, 2.75) is 13.0 Å². The maximum absolute atomic E-state index is 11.3. The van der Waals surface area contributed by atoms with Crippen molar-refractivity contribution in [2.24, 2.45) is 0 Å². The van der Waals surface area contributed by atoms with E-state index in [1.165, 1.54) is 32.7 Å². The first-order valence-corrected chi connectivity index (χ1v) is 12.2. The molecule has 0 bridgehead atoms. The number of benzene rings is 2. The number of aryl methyl sites for hydroxylation is 1.